The van der Waals surface area contributed by atoms with Gasteiger partial charge in [0.25, 0.3) is 10.0 Å². The van der Waals surface area contributed by atoms with Gasteiger partial charge in [0.05, 0.1) is 10.6 Å². The van der Waals surface area contributed by atoms with E-state index in [1.165, 1.54) is 17.9 Å². The van der Waals surface area contributed by atoms with Crippen LogP contribution in [0, 0.1) is 0 Å². The van der Waals surface area contributed by atoms with Gasteiger partial charge in [-0.05, 0) is 65.2 Å². The molecule has 11 heteroatoms. The van der Waals surface area contributed by atoms with Gasteiger partial charge in [-0.25, -0.2) is 8.42 Å². The number of rotatable bonds is 3. The van der Waals surface area contributed by atoms with E-state index in [0.717, 1.165) is 17.7 Å². The van der Waals surface area contributed by atoms with Gasteiger partial charge in [0.2, 0.25) is 5.91 Å². The highest BCUT2D eigenvalue weighted by Gasteiger charge is 2.34. The lowest BCUT2D eigenvalue weighted by molar-refractivity contribution is -0.137. The second-order valence-electron chi connectivity index (χ2n) is 6.65. The Morgan fingerprint density at radius 1 is 1.28 bits per heavy atom. The Hall–Kier alpha value is -1.78. The van der Waals surface area contributed by atoms with Crippen molar-refractivity contribution < 1.29 is 26.4 Å². The molecule has 156 valence electrons. The molecule has 0 unspecified atom stereocenters. The van der Waals surface area contributed by atoms with Crippen molar-refractivity contribution in [3.63, 3.8) is 0 Å². The topological polar surface area (TPSA) is 66.5 Å². The van der Waals surface area contributed by atoms with E-state index in [0.29, 0.717) is 18.2 Å². The molecule has 0 saturated carbocycles. The number of hydrogen-bond donors (Lipinski definition) is 1. The van der Waals surface area contributed by atoms with Crippen LogP contribution in [0.15, 0.2) is 39.7 Å². The molecule has 0 aromatic heterocycles. The van der Waals surface area contributed by atoms with Crippen LogP contribution in [0.3, 0.4) is 0 Å². The van der Waals surface area contributed by atoms with E-state index in [1.807, 2.05) is 6.92 Å². The summed E-state index contributed by atoms with van der Waals surface area (Å²) < 4.78 is 67.3. The van der Waals surface area contributed by atoms with Crippen molar-refractivity contribution in [1.29, 1.82) is 0 Å². The van der Waals surface area contributed by atoms with Crippen LogP contribution in [-0.2, 0) is 27.4 Å². The summed E-state index contributed by atoms with van der Waals surface area (Å²) in [4.78, 5) is 13.2. The first kappa shape index (κ1) is 21.9. The molecule has 1 N–H and O–H groups in total. The summed E-state index contributed by atoms with van der Waals surface area (Å²) in [5.41, 5.74) is -0.181. The first-order valence-corrected chi connectivity index (χ1v) is 11.0. The minimum Gasteiger partial charge on any atom is -0.309 e. The number of anilines is 2. The summed E-state index contributed by atoms with van der Waals surface area (Å²) in [6.45, 7) is 3.22. The maximum atomic E-state index is 13.0. The number of carbonyl (C=O) groups is 1. The fourth-order valence-corrected chi connectivity index (χ4v) is 5.71. The molecule has 1 amide bonds. The zero-order chi connectivity index (χ0) is 21.7. The van der Waals surface area contributed by atoms with Crippen molar-refractivity contribution in [2.24, 2.45) is 0 Å². The maximum Gasteiger partial charge on any atom is 0.417 e. The summed E-state index contributed by atoms with van der Waals surface area (Å²) in [6, 6.07) is 5.55. The van der Waals surface area contributed by atoms with Crippen LogP contribution < -0.4 is 9.62 Å². The number of benzene rings is 2. The third-order valence-corrected chi connectivity index (χ3v) is 7.17. The SMILES string of the molecule is CC(=O)N1c2cc(S(=O)(=O)Nc3ccc(Cl)c(C(F)(F)F)c3)c(Br)cc2C[C@H]1C. The molecule has 2 aromatic carbocycles. The minimum absolute atomic E-state index is 0.133. The summed E-state index contributed by atoms with van der Waals surface area (Å²) in [5.74, 6) is -0.234. The lowest BCUT2D eigenvalue weighted by Crippen LogP contribution is -2.33. The van der Waals surface area contributed by atoms with Gasteiger partial charge < -0.3 is 4.90 Å². The molecule has 0 fully saturated rings. The number of amides is 1. The maximum absolute atomic E-state index is 13.0. The van der Waals surface area contributed by atoms with E-state index in [1.54, 1.807) is 6.07 Å². The van der Waals surface area contributed by atoms with E-state index < -0.39 is 26.8 Å². The lowest BCUT2D eigenvalue weighted by atomic mass is 10.1. The first-order chi connectivity index (χ1) is 13.3. The normalized spacial score (nSPS) is 16.7. The summed E-state index contributed by atoms with van der Waals surface area (Å²) in [5, 5.41) is -0.537. The molecule has 0 saturated heterocycles. The number of nitrogens with one attached hydrogen (secondary N) is 1. The van der Waals surface area contributed by atoms with Crippen LogP contribution in [-0.4, -0.2) is 20.4 Å². The molecule has 1 heterocycles. The average Bonchev–Trinajstić information content (AvgIpc) is 2.89. The molecular weight excluding hydrogens is 497 g/mol. The first-order valence-electron chi connectivity index (χ1n) is 8.33. The fraction of sp³-hybridized carbons (Fsp3) is 0.278. The highest BCUT2D eigenvalue weighted by atomic mass is 79.9. The van der Waals surface area contributed by atoms with Crippen LogP contribution in [0.25, 0.3) is 0 Å². The third kappa shape index (κ3) is 4.24. The Morgan fingerprint density at radius 2 is 1.93 bits per heavy atom. The van der Waals surface area contributed by atoms with Crippen molar-refractivity contribution in [1.82, 2.24) is 0 Å². The minimum atomic E-state index is -4.73. The number of sulfonamides is 1. The molecule has 0 radical (unpaired) electrons. The van der Waals surface area contributed by atoms with Gasteiger partial charge >= 0.3 is 6.18 Å². The average molecular weight is 512 g/mol. The standard InChI is InChI=1S/C18H15BrClF3N2O3S/c1-9-5-11-6-14(19)17(8-16(11)25(9)10(2)26)29(27,28)24-12-3-4-15(20)13(7-12)18(21,22)23/h3-4,6-9,24H,5H2,1-2H3/t9-/m1/s1. The number of fused-ring (bicyclic) bond motifs is 1. The van der Waals surface area contributed by atoms with Crippen LogP contribution >= 0.6 is 27.5 Å². The molecule has 1 aliphatic rings. The van der Waals surface area contributed by atoms with E-state index in [2.05, 4.69) is 20.7 Å². The Labute approximate surface area is 179 Å². The summed E-state index contributed by atoms with van der Waals surface area (Å²) in [6.07, 6.45) is -4.17. The van der Waals surface area contributed by atoms with Crippen molar-refractivity contribution in [2.75, 3.05) is 9.62 Å². The highest BCUT2D eigenvalue weighted by molar-refractivity contribution is 9.10. The number of halogens is 5. The Kier molecular flexibility index (Phi) is 5.65. The van der Waals surface area contributed by atoms with Gasteiger partial charge in [0.1, 0.15) is 4.90 Å². The molecular formula is C18H15BrClF3N2O3S. The molecule has 1 aliphatic heterocycles. The van der Waals surface area contributed by atoms with Crippen molar-refractivity contribution >= 4 is 54.8 Å². The van der Waals surface area contributed by atoms with Crippen molar-refractivity contribution in [3.8, 4) is 0 Å². The molecule has 2 aromatic rings. The predicted octanol–water partition coefficient (Wildman–Crippen LogP) is 5.22. The highest BCUT2D eigenvalue weighted by Crippen LogP contribution is 2.39. The molecule has 29 heavy (non-hydrogen) atoms. The molecule has 0 spiro atoms. The Morgan fingerprint density at radius 3 is 2.52 bits per heavy atom. The van der Waals surface area contributed by atoms with Crippen LogP contribution in [0.1, 0.15) is 25.0 Å². The largest absolute Gasteiger partial charge is 0.417 e. The van der Waals surface area contributed by atoms with Crippen LogP contribution in [0.4, 0.5) is 24.5 Å². The van der Waals surface area contributed by atoms with Gasteiger partial charge in [-0.1, -0.05) is 11.6 Å². The number of hydrogen-bond acceptors (Lipinski definition) is 3. The van der Waals surface area contributed by atoms with E-state index in [-0.39, 0.29) is 27.0 Å². The second kappa shape index (κ2) is 7.48. The quantitative estimate of drug-likeness (QED) is 0.614. The fourth-order valence-electron chi connectivity index (χ4n) is 3.32. The second-order valence-corrected chi connectivity index (χ2v) is 9.56. The van der Waals surface area contributed by atoms with Gasteiger partial charge in [0, 0.05) is 28.8 Å². The molecule has 1 atom stereocenters. The van der Waals surface area contributed by atoms with Crippen LogP contribution in [0.2, 0.25) is 5.02 Å². The van der Waals surface area contributed by atoms with Gasteiger partial charge in [0.15, 0.2) is 0 Å². The van der Waals surface area contributed by atoms with Crippen molar-refractivity contribution in [3.05, 3.63) is 51.0 Å². The zero-order valence-corrected chi connectivity index (χ0v) is 18.3. The van der Waals surface area contributed by atoms with Crippen molar-refractivity contribution in [2.45, 2.75) is 37.4 Å². The zero-order valence-electron chi connectivity index (χ0n) is 15.1. The van der Waals surface area contributed by atoms with Gasteiger partial charge in [-0.15, -0.1) is 0 Å². The van der Waals surface area contributed by atoms with Gasteiger partial charge in [-0.2, -0.15) is 13.2 Å². The molecule has 0 aliphatic carbocycles. The monoisotopic (exact) mass is 510 g/mol. The number of nitrogens with zero attached hydrogens (tertiary/aromatic N) is 1. The van der Waals surface area contributed by atoms with E-state index in [9.17, 15) is 26.4 Å². The molecule has 3 rings (SSSR count). The van der Waals surface area contributed by atoms with E-state index in [4.69, 9.17) is 11.6 Å². The Bertz CT molecular complexity index is 1110. The van der Waals surface area contributed by atoms with Crippen LogP contribution in [0.5, 0.6) is 0 Å². The lowest BCUT2D eigenvalue weighted by Gasteiger charge is -2.21. The Balaban J connectivity index is 2.03. The number of alkyl halides is 3. The summed E-state index contributed by atoms with van der Waals surface area (Å²) >= 11 is 8.79. The third-order valence-electron chi connectivity index (χ3n) is 4.50. The predicted molar refractivity (Wildman–Crippen MR) is 108 cm³/mol. The smallest absolute Gasteiger partial charge is 0.309 e. The van der Waals surface area contributed by atoms with E-state index >= 15 is 0 Å². The molecule has 5 nitrogen and oxygen atoms in total. The summed E-state index contributed by atoms with van der Waals surface area (Å²) in [7, 11) is -4.25. The molecule has 0 bridgehead atoms. The van der Waals surface area contributed by atoms with Gasteiger partial charge in [-0.3, -0.25) is 9.52 Å². The number of carbonyl (C=O) groups excluding carboxylic acids is 1.